The topological polar surface area (TPSA) is 12.4 Å². The molecule has 2 unspecified atom stereocenters. The first kappa shape index (κ1) is 7.33. The second-order valence-electron chi connectivity index (χ2n) is 3.94. The molecule has 0 bridgehead atoms. The molecule has 0 saturated heterocycles. The van der Waals surface area contributed by atoms with Crippen LogP contribution in [0.3, 0.4) is 0 Å². The van der Waals surface area contributed by atoms with E-state index in [-0.39, 0.29) is 0 Å². The van der Waals surface area contributed by atoms with Gasteiger partial charge in [0, 0.05) is 11.6 Å². The molecule has 0 N–H and O–H groups in total. The molecule has 2 rings (SSSR count). The minimum atomic E-state index is 0.732. The Morgan fingerprint density at radius 3 is 2.55 bits per heavy atom. The van der Waals surface area contributed by atoms with E-state index in [0.29, 0.717) is 0 Å². The van der Waals surface area contributed by atoms with E-state index in [1.165, 1.54) is 44.2 Å². The van der Waals surface area contributed by atoms with Gasteiger partial charge < -0.3 is 0 Å². The molecule has 2 aliphatic rings. The highest BCUT2D eigenvalue weighted by atomic mass is 14.9. The maximum absolute atomic E-state index is 4.56. The largest absolute Gasteiger partial charge is 0.290 e. The SMILES string of the molecule is CC1=NC2CCCCCCC12. The van der Waals surface area contributed by atoms with Crippen LogP contribution in [0, 0.1) is 5.92 Å². The lowest BCUT2D eigenvalue weighted by molar-refractivity contribution is 0.367. The zero-order chi connectivity index (χ0) is 7.68. The summed E-state index contributed by atoms with van der Waals surface area (Å²) in [5, 5.41) is 0. The van der Waals surface area contributed by atoms with Gasteiger partial charge in [0.15, 0.2) is 0 Å². The second kappa shape index (κ2) is 2.96. The Bertz CT molecular complexity index is 172. The van der Waals surface area contributed by atoms with Gasteiger partial charge >= 0.3 is 0 Å². The van der Waals surface area contributed by atoms with E-state index < -0.39 is 0 Å². The van der Waals surface area contributed by atoms with Crippen molar-refractivity contribution in [3.05, 3.63) is 0 Å². The number of hydrogen-bond donors (Lipinski definition) is 0. The monoisotopic (exact) mass is 151 g/mol. The Morgan fingerprint density at radius 1 is 1.09 bits per heavy atom. The fraction of sp³-hybridized carbons (Fsp3) is 0.900. The molecule has 1 heterocycles. The highest BCUT2D eigenvalue weighted by molar-refractivity contribution is 5.89. The van der Waals surface area contributed by atoms with Gasteiger partial charge in [0.2, 0.25) is 0 Å². The molecular formula is C10H17N. The molecule has 1 nitrogen and oxygen atoms in total. The van der Waals surface area contributed by atoms with E-state index >= 15 is 0 Å². The summed E-state index contributed by atoms with van der Waals surface area (Å²) in [5.74, 6) is 0.885. The average molecular weight is 151 g/mol. The van der Waals surface area contributed by atoms with Crippen molar-refractivity contribution < 1.29 is 0 Å². The van der Waals surface area contributed by atoms with Gasteiger partial charge in [-0.05, 0) is 19.8 Å². The van der Waals surface area contributed by atoms with Crippen LogP contribution in [-0.4, -0.2) is 11.8 Å². The summed E-state index contributed by atoms with van der Waals surface area (Å²) < 4.78 is 0. The molecule has 0 aromatic carbocycles. The van der Waals surface area contributed by atoms with E-state index in [1.54, 1.807) is 0 Å². The predicted molar refractivity (Wildman–Crippen MR) is 48.1 cm³/mol. The van der Waals surface area contributed by atoms with Crippen LogP contribution in [0.1, 0.15) is 45.4 Å². The fourth-order valence-electron chi connectivity index (χ4n) is 2.38. The Balaban J connectivity index is 1.96. The van der Waals surface area contributed by atoms with Gasteiger partial charge in [-0.3, -0.25) is 4.99 Å². The minimum Gasteiger partial charge on any atom is -0.290 e. The Labute approximate surface area is 68.9 Å². The van der Waals surface area contributed by atoms with Crippen LogP contribution >= 0.6 is 0 Å². The van der Waals surface area contributed by atoms with Crippen molar-refractivity contribution in [3.63, 3.8) is 0 Å². The third kappa shape index (κ3) is 1.33. The van der Waals surface area contributed by atoms with E-state index in [1.807, 2.05) is 0 Å². The van der Waals surface area contributed by atoms with E-state index in [4.69, 9.17) is 0 Å². The summed E-state index contributed by atoms with van der Waals surface area (Å²) in [6, 6.07) is 0.732. The van der Waals surface area contributed by atoms with E-state index in [2.05, 4.69) is 11.9 Å². The zero-order valence-corrected chi connectivity index (χ0v) is 7.34. The average Bonchev–Trinajstić information content (AvgIpc) is 1.96. The molecule has 0 aromatic rings. The van der Waals surface area contributed by atoms with Gasteiger partial charge in [-0.15, -0.1) is 0 Å². The molecule has 0 spiro atoms. The molecule has 1 aliphatic heterocycles. The minimum absolute atomic E-state index is 0.732. The lowest BCUT2D eigenvalue weighted by Gasteiger charge is -2.34. The highest BCUT2D eigenvalue weighted by Crippen LogP contribution is 2.32. The smallest absolute Gasteiger partial charge is 0.0579 e. The number of aliphatic imine (C=N–C) groups is 1. The van der Waals surface area contributed by atoms with Crippen molar-refractivity contribution in [2.75, 3.05) is 0 Å². The molecule has 0 aromatic heterocycles. The summed E-state index contributed by atoms with van der Waals surface area (Å²) in [7, 11) is 0. The standard InChI is InChI=1S/C10H17N/c1-8-9-6-4-2-3-5-7-10(9)11-8/h9-10H,2-7H2,1H3. The van der Waals surface area contributed by atoms with Crippen LogP contribution in [0.5, 0.6) is 0 Å². The Hall–Kier alpha value is -0.330. The molecule has 1 fully saturated rings. The van der Waals surface area contributed by atoms with Crippen molar-refractivity contribution in [1.82, 2.24) is 0 Å². The molecule has 1 aliphatic carbocycles. The molecule has 0 amide bonds. The third-order valence-corrected chi connectivity index (χ3v) is 3.14. The highest BCUT2D eigenvalue weighted by Gasteiger charge is 2.31. The number of hydrogen-bond acceptors (Lipinski definition) is 1. The van der Waals surface area contributed by atoms with E-state index in [0.717, 1.165) is 12.0 Å². The van der Waals surface area contributed by atoms with Gasteiger partial charge in [-0.2, -0.15) is 0 Å². The molecule has 1 heteroatoms. The summed E-state index contributed by atoms with van der Waals surface area (Å²) in [6.07, 6.45) is 8.53. The quantitative estimate of drug-likeness (QED) is 0.505. The van der Waals surface area contributed by atoms with Crippen molar-refractivity contribution in [3.8, 4) is 0 Å². The summed E-state index contributed by atoms with van der Waals surface area (Å²) >= 11 is 0. The Kier molecular flexibility index (Phi) is 1.97. The predicted octanol–water partition coefficient (Wildman–Crippen LogP) is 2.80. The van der Waals surface area contributed by atoms with Gasteiger partial charge in [0.1, 0.15) is 0 Å². The normalized spacial score (nSPS) is 37.7. The van der Waals surface area contributed by atoms with Gasteiger partial charge in [0.05, 0.1) is 6.04 Å². The van der Waals surface area contributed by atoms with Crippen LogP contribution in [0.15, 0.2) is 4.99 Å². The van der Waals surface area contributed by atoms with Crippen molar-refractivity contribution in [1.29, 1.82) is 0 Å². The first-order chi connectivity index (χ1) is 5.38. The molecular weight excluding hydrogens is 134 g/mol. The zero-order valence-electron chi connectivity index (χ0n) is 7.34. The fourth-order valence-corrected chi connectivity index (χ4v) is 2.38. The lowest BCUT2D eigenvalue weighted by Crippen LogP contribution is -2.36. The number of rotatable bonds is 0. The van der Waals surface area contributed by atoms with Crippen LogP contribution in [0.25, 0.3) is 0 Å². The number of nitrogens with zero attached hydrogens (tertiary/aromatic N) is 1. The van der Waals surface area contributed by atoms with Crippen molar-refractivity contribution in [2.24, 2.45) is 10.9 Å². The Morgan fingerprint density at radius 2 is 1.82 bits per heavy atom. The third-order valence-electron chi connectivity index (χ3n) is 3.14. The van der Waals surface area contributed by atoms with Crippen LogP contribution in [0.2, 0.25) is 0 Å². The van der Waals surface area contributed by atoms with Crippen LogP contribution < -0.4 is 0 Å². The summed E-state index contributed by atoms with van der Waals surface area (Å²) in [5.41, 5.74) is 1.43. The first-order valence-electron chi connectivity index (χ1n) is 4.92. The first-order valence-corrected chi connectivity index (χ1v) is 4.92. The van der Waals surface area contributed by atoms with Gasteiger partial charge in [-0.1, -0.05) is 25.7 Å². The van der Waals surface area contributed by atoms with Crippen molar-refractivity contribution in [2.45, 2.75) is 51.5 Å². The lowest BCUT2D eigenvalue weighted by atomic mass is 9.80. The van der Waals surface area contributed by atoms with E-state index in [9.17, 15) is 0 Å². The molecule has 1 saturated carbocycles. The van der Waals surface area contributed by atoms with Gasteiger partial charge in [-0.25, -0.2) is 0 Å². The second-order valence-corrected chi connectivity index (χ2v) is 3.94. The summed E-state index contributed by atoms with van der Waals surface area (Å²) in [6.45, 7) is 2.20. The summed E-state index contributed by atoms with van der Waals surface area (Å²) in [4.78, 5) is 4.56. The van der Waals surface area contributed by atoms with Crippen LogP contribution in [0.4, 0.5) is 0 Å². The number of fused-ring (bicyclic) bond motifs is 1. The molecule has 62 valence electrons. The van der Waals surface area contributed by atoms with Crippen LogP contribution in [-0.2, 0) is 0 Å². The maximum atomic E-state index is 4.56. The molecule has 2 atom stereocenters. The van der Waals surface area contributed by atoms with Gasteiger partial charge in [0.25, 0.3) is 0 Å². The maximum Gasteiger partial charge on any atom is 0.0579 e. The van der Waals surface area contributed by atoms with Crippen molar-refractivity contribution >= 4 is 5.71 Å². The molecule has 0 radical (unpaired) electrons. The molecule has 11 heavy (non-hydrogen) atoms.